The molecular weight excluding hydrogens is 373 g/mol. The zero-order valence-electron chi connectivity index (χ0n) is 15.1. The van der Waals surface area contributed by atoms with E-state index >= 15 is 0 Å². The summed E-state index contributed by atoms with van der Waals surface area (Å²) in [4.78, 5) is 4.25. The molecule has 3 rings (SSSR count). The van der Waals surface area contributed by atoms with Crippen LogP contribution in [0.3, 0.4) is 0 Å². The SMILES string of the molecule is C[Si](C)(C)CCOCn1ccnc1C(O)c1ccc(F)c2ccc(Cl)n12. The number of ether oxygens (including phenoxy) is 1. The molecule has 0 amide bonds. The molecule has 0 saturated carbocycles. The molecule has 0 bridgehead atoms. The van der Waals surface area contributed by atoms with Gasteiger partial charge >= 0.3 is 0 Å². The van der Waals surface area contributed by atoms with E-state index in [4.69, 9.17) is 16.3 Å². The van der Waals surface area contributed by atoms with Crippen molar-refractivity contribution in [1.29, 1.82) is 0 Å². The van der Waals surface area contributed by atoms with Crippen LogP contribution in [0.15, 0.2) is 36.7 Å². The topological polar surface area (TPSA) is 51.7 Å². The summed E-state index contributed by atoms with van der Waals surface area (Å²) in [5.41, 5.74) is 0.766. The zero-order chi connectivity index (χ0) is 18.9. The van der Waals surface area contributed by atoms with Crippen molar-refractivity contribution < 1.29 is 14.2 Å². The highest BCUT2D eigenvalue weighted by Gasteiger charge is 2.21. The van der Waals surface area contributed by atoms with Crippen LogP contribution in [0.2, 0.25) is 30.8 Å². The highest BCUT2D eigenvalue weighted by Crippen LogP contribution is 2.27. The Bertz CT molecular complexity index is 904. The van der Waals surface area contributed by atoms with Gasteiger partial charge in [0.2, 0.25) is 0 Å². The summed E-state index contributed by atoms with van der Waals surface area (Å²) in [6, 6.07) is 7.09. The van der Waals surface area contributed by atoms with Crippen LogP contribution in [0.25, 0.3) is 5.52 Å². The molecule has 0 aliphatic carbocycles. The molecule has 3 aromatic heterocycles. The molecule has 5 nitrogen and oxygen atoms in total. The van der Waals surface area contributed by atoms with E-state index in [2.05, 4.69) is 24.6 Å². The summed E-state index contributed by atoms with van der Waals surface area (Å²) in [5, 5.41) is 11.2. The normalized spacial score (nSPS) is 13.5. The summed E-state index contributed by atoms with van der Waals surface area (Å²) in [5.74, 6) is 0.0292. The second kappa shape index (κ2) is 7.52. The molecule has 0 spiro atoms. The van der Waals surface area contributed by atoms with Gasteiger partial charge in [0.25, 0.3) is 0 Å². The van der Waals surface area contributed by atoms with Gasteiger partial charge in [-0.25, -0.2) is 9.37 Å². The van der Waals surface area contributed by atoms with Crippen LogP contribution in [0, 0.1) is 5.82 Å². The first-order valence-electron chi connectivity index (χ1n) is 8.50. The largest absolute Gasteiger partial charge is 0.379 e. The monoisotopic (exact) mass is 395 g/mol. The predicted molar refractivity (Wildman–Crippen MR) is 103 cm³/mol. The summed E-state index contributed by atoms with van der Waals surface area (Å²) < 4.78 is 23.0. The number of fused-ring (bicyclic) bond motifs is 1. The van der Waals surface area contributed by atoms with E-state index in [9.17, 15) is 9.50 Å². The molecule has 8 heteroatoms. The number of hydrogen-bond acceptors (Lipinski definition) is 3. The summed E-state index contributed by atoms with van der Waals surface area (Å²) in [7, 11) is -1.15. The minimum absolute atomic E-state index is 0.306. The number of pyridine rings is 1. The average Bonchev–Trinajstić information content (AvgIpc) is 3.18. The molecule has 26 heavy (non-hydrogen) atoms. The van der Waals surface area contributed by atoms with Crippen LogP contribution in [0.4, 0.5) is 4.39 Å². The van der Waals surface area contributed by atoms with Crippen molar-refractivity contribution in [2.45, 2.75) is 38.5 Å². The van der Waals surface area contributed by atoms with Gasteiger partial charge in [-0.15, -0.1) is 0 Å². The Morgan fingerprint density at radius 1 is 1.27 bits per heavy atom. The van der Waals surface area contributed by atoms with Gasteiger partial charge in [-0.1, -0.05) is 31.2 Å². The number of imidazole rings is 1. The van der Waals surface area contributed by atoms with Gasteiger partial charge in [0.15, 0.2) is 6.10 Å². The van der Waals surface area contributed by atoms with E-state index < -0.39 is 20.0 Å². The molecule has 1 unspecified atom stereocenters. The third-order valence-electron chi connectivity index (χ3n) is 4.24. The van der Waals surface area contributed by atoms with Crippen molar-refractivity contribution in [3.8, 4) is 0 Å². The fraction of sp³-hybridized carbons (Fsp3) is 0.389. The van der Waals surface area contributed by atoms with Gasteiger partial charge in [0, 0.05) is 27.1 Å². The molecule has 0 saturated heterocycles. The number of aliphatic hydroxyl groups is 1. The molecule has 1 N–H and O–H groups in total. The van der Waals surface area contributed by atoms with Gasteiger partial charge in [-0.2, -0.15) is 0 Å². The van der Waals surface area contributed by atoms with E-state index in [1.165, 1.54) is 16.5 Å². The first kappa shape index (κ1) is 19.1. The van der Waals surface area contributed by atoms with E-state index in [0.717, 1.165) is 6.04 Å². The molecule has 0 aliphatic rings. The fourth-order valence-corrected chi connectivity index (χ4v) is 3.75. The predicted octanol–water partition coefficient (Wildman–Crippen LogP) is 4.32. The van der Waals surface area contributed by atoms with Gasteiger partial charge in [-0.3, -0.25) is 4.40 Å². The standard InChI is InChI=1S/C18H23ClFN3O2Si/c1-26(2,3)11-10-25-12-22-9-8-21-18(22)17(24)15-5-4-13(20)14-6-7-16(19)23(14)15/h4-9,17,24H,10-12H2,1-3H3. The van der Waals surface area contributed by atoms with Crippen LogP contribution in [-0.2, 0) is 11.5 Å². The van der Waals surface area contributed by atoms with Crippen LogP contribution >= 0.6 is 11.6 Å². The van der Waals surface area contributed by atoms with Crippen LogP contribution in [0.1, 0.15) is 17.6 Å². The number of hydrogen-bond donors (Lipinski definition) is 1. The van der Waals surface area contributed by atoms with Crippen LogP contribution in [-0.4, -0.2) is 33.7 Å². The minimum atomic E-state index is -1.15. The fourth-order valence-electron chi connectivity index (χ4n) is 2.74. The van der Waals surface area contributed by atoms with E-state index in [1.807, 2.05) is 0 Å². The van der Waals surface area contributed by atoms with E-state index in [1.54, 1.807) is 29.1 Å². The highest BCUT2D eigenvalue weighted by atomic mass is 35.5. The Hall–Kier alpha value is -1.67. The van der Waals surface area contributed by atoms with Gasteiger partial charge in [-0.05, 0) is 30.3 Å². The number of aliphatic hydroxyl groups excluding tert-OH is 1. The molecule has 0 radical (unpaired) electrons. The van der Waals surface area contributed by atoms with Gasteiger partial charge < -0.3 is 14.4 Å². The Labute approximate surface area is 158 Å². The molecular formula is C18H23ClFN3O2Si. The van der Waals surface area contributed by atoms with Crippen molar-refractivity contribution in [3.05, 3.63) is 59.1 Å². The zero-order valence-corrected chi connectivity index (χ0v) is 16.9. The first-order valence-corrected chi connectivity index (χ1v) is 12.6. The van der Waals surface area contributed by atoms with Crippen molar-refractivity contribution in [3.63, 3.8) is 0 Å². The molecule has 1 atom stereocenters. The van der Waals surface area contributed by atoms with Gasteiger partial charge in [0.05, 0.1) is 11.2 Å². The average molecular weight is 396 g/mol. The molecule has 0 aliphatic heterocycles. The minimum Gasteiger partial charge on any atom is -0.379 e. The lowest BCUT2D eigenvalue weighted by Gasteiger charge is -2.18. The van der Waals surface area contributed by atoms with E-state index in [-0.39, 0.29) is 0 Å². The highest BCUT2D eigenvalue weighted by molar-refractivity contribution is 6.76. The van der Waals surface area contributed by atoms with Gasteiger partial charge in [0.1, 0.15) is 23.5 Å². The summed E-state index contributed by atoms with van der Waals surface area (Å²) in [6.45, 7) is 7.87. The lowest BCUT2D eigenvalue weighted by Crippen LogP contribution is -2.22. The van der Waals surface area contributed by atoms with Crippen molar-refractivity contribution in [2.24, 2.45) is 0 Å². The quantitative estimate of drug-likeness (QED) is 0.478. The number of nitrogens with zero attached hydrogens (tertiary/aromatic N) is 3. The number of halogens is 2. The first-order chi connectivity index (χ1) is 12.3. The second-order valence-corrected chi connectivity index (χ2v) is 13.5. The lowest BCUT2D eigenvalue weighted by atomic mass is 10.2. The third kappa shape index (κ3) is 4.01. The number of rotatable bonds is 7. The Balaban J connectivity index is 1.82. The maximum Gasteiger partial charge on any atom is 0.152 e. The lowest BCUT2D eigenvalue weighted by molar-refractivity contribution is 0.0783. The maximum atomic E-state index is 14.0. The smallest absolute Gasteiger partial charge is 0.152 e. The number of aromatic nitrogens is 3. The van der Waals surface area contributed by atoms with Crippen molar-refractivity contribution >= 4 is 25.2 Å². The molecule has 3 heterocycles. The van der Waals surface area contributed by atoms with Crippen molar-refractivity contribution in [1.82, 2.24) is 14.0 Å². The summed E-state index contributed by atoms with van der Waals surface area (Å²) >= 11 is 6.18. The Morgan fingerprint density at radius 3 is 2.77 bits per heavy atom. The third-order valence-corrected chi connectivity index (χ3v) is 6.23. The molecule has 0 aromatic carbocycles. The second-order valence-electron chi connectivity index (χ2n) is 7.49. The molecule has 140 valence electrons. The Morgan fingerprint density at radius 2 is 2.04 bits per heavy atom. The van der Waals surface area contributed by atoms with Crippen LogP contribution in [0.5, 0.6) is 0 Å². The summed E-state index contributed by atoms with van der Waals surface area (Å²) in [6.07, 6.45) is 2.31. The maximum absolute atomic E-state index is 14.0. The van der Waals surface area contributed by atoms with Crippen LogP contribution < -0.4 is 0 Å². The van der Waals surface area contributed by atoms with E-state index in [0.29, 0.717) is 35.5 Å². The molecule has 3 aromatic rings. The Kier molecular flexibility index (Phi) is 5.52. The van der Waals surface area contributed by atoms with Crippen molar-refractivity contribution in [2.75, 3.05) is 6.61 Å². The molecule has 0 fully saturated rings.